The molecule has 0 aromatic carbocycles. The van der Waals surface area contributed by atoms with E-state index in [1.807, 2.05) is 0 Å². The van der Waals surface area contributed by atoms with Crippen molar-refractivity contribution in [1.82, 2.24) is 4.98 Å². The summed E-state index contributed by atoms with van der Waals surface area (Å²) < 4.78 is 0. The SMILES string of the molecule is Cc1ccc(C(=O)[O-])c(C(=O)[O-])n1.[Zn+2]. The summed E-state index contributed by atoms with van der Waals surface area (Å²) in [6, 6.07) is 2.51. The molecule has 6 heteroatoms. The maximum Gasteiger partial charge on any atom is 2.00 e. The molecule has 0 spiro atoms. The van der Waals surface area contributed by atoms with Crippen molar-refractivity contribution < 1.29 is 39.3 Å². The van der Waals surface area contributed by atoms with E-state index in [4.69, 9.17) is 0 Å². The second kappa shape index (κ2) is 4.81. The first-order chi connectivity index (χ1) is 6.02. The zero-order chi connectivity index (χ0) is 10.0. The third-order valence-electron chi connectivity index (χ3n) is 1.45. The summed E-state index contributed by atoms with van der Waals surface area (Å²) in [5.74, 6) is -3.20. The molecule has 0 fully saturated rings. The molecule has 14 heavy (non-hydrogen) atoms. The van der Waals surface area contributed by atoms with Crippen LogP contribution >= 0.6 is 0 Å². The molecule has 0 unspecified atom stereocenters. The van der Waals surface area contributed by atoms with E-state index in [2.05, 4.69) is 4.98 Å². The molecule has 1 heterocycles. The third-order valence-corrected chi connectivity index (χ3v) is 1.45. The van der Waals surface area contributed by atoms with Gasteiger partial charge in [0.2, 0.25) is 0 Å². The van der Waals surface area contributed by atoms with Gasteiger partial charge in [0.15, 0.2) is 0 Å². The zero-order valence-corrected chi connectivity index (χ0v) is 10.4. The monoisotopic (exact) mass is 243 g/mol. The topological polar surface area (TPSA) is 93.1 Å². The van der Waals surface area contributed by atoms with E-state index in [0.29, 0.717) is 5.69 Å². The number of carboxylic acid groups (broad SMARTS) is 2. The van der Waals surface area contributed by atoms with Crippen molar-refractivity contribution in [2.75, 3.05) is 0 Å². The van der Waals surface area contributed by atoms with Crippen LogP contribution in [0.25, 0.3) is 0 Å². The van der Waals surface area contributed by atoms with Crippen LogP contribution in [0.15, 0.2) is 12.1 Å². The molecule has 0 N–H and O–H groups in total. The Morgan fingerprint density at radius 3 is 2.21 bits per heavy atom. The van der Waals surface area contributed by atoms with Crippen LogP contribution in [0.5, 0.6) is 0 Å². The minimum absolute atomic E-state index is 0. The number of aromatic nitrogens is 1. The van der Waals surface area contributed by atoms with Crippen molar-refractivity contribution in [3.8, 4) is 0 Å². The van der Waals surface area contributed by atoms with E-state index >= 15 is 0 Å². The van der Waals surface area contributed by atoms with Crippen molar-refractivity contribution in [3.05, 3.63) is 29.1 Å². The van der Waals surface area contributed by atoms with Gasteiger partial charge in [-0.15, -0.1) is 0 Å². The van der Waals surface area contributed by atoms with Crippen LogP contribution < -0.4 is 10.2 Å². The summed E-state index contributed by atoms with van der Waals surface area (Å²) in [7, 11) is 0. The fourth-order valence-electron chi connectivity index (χ4n) is 0.877. The van der Waals surface area contributed by atoms with Gasteiger partial charge in [0.25, 0.3) is 0 Å². The van der Waals surface area contributed by atoms with Crippen molar-refractivity contribution in [2.24, 2.45) is 0 Å². The molecular formula is C8H5NO4Zn. The molecule has 0 aliphatic heterocycles. The summed E-state index contributed by atoms with van der Waals surface area (Å²) >= 11 is 0. The van der Waals surface area contributed by atoms with Crippen LogP contribution in [0.1, 0.15) is 26.5 Å². The molecule has 0 amide bonds. The predicted molar refractivity (Wildman–Crippen MR) is 37.6 cm³/mol. The number of rotatable bonds is 2. The van der Waals surface area contributed by atoms with Gasteiger partial charge < -0.3 is 19.8 Å². The molecule has 5 nitrogen and oxygen atoms in total. The number of hydrogen-bond acceptors (Lipinski definition) is 5. The second-order valence-electron chi connectivity index (χ2n) is 2.42. The van der Waals surface area contributed by atoms with Crippen LogP contribution in [-0.2, 0) is 19.5 Å². The van der Waals surface area contributed by atoms with Crippen LogP contribution in [0, 0.1) is 6.92 Å². The van der Waals surface area contributed by atoms with Gasteiger partial charge in [0.1, 0.15) is 0 Å². The van der Waals surface area contributed by atoms with Gasteiger partial charge in [-0.25, -0.2) is 0 Å². The Kier molecular flexibility index (Phi) is 4.37. The first-order valence-electron chi connectivity index (χ1n) is 3.42. The largest absolute Gasteiger partial charge is 2.00 e. The first-order valence-corrected chi connectivity index (χ1v) is 3.42. The van der Waals surface area contributed by atoms with Crippen molar-refractivity contribution >= 4 is 11.9 Å². The summed E-state index contributed by atoms with van der Waals surface area (Å²) in [4.78, 5) is 24.3. The fourth-order valence-corrected chi connectivity index (χ4v) is 0.877. The van der Waals surface area contributed by atoms with Crippen molar-refractivity contribution in [2.45, 2.75) is 6.92 Å². The minimum atomic E-state index is -1.62. The van der Waals surface area contributed by atoms with Crippen LogP contribution in [0.4, 0.5) is 0 Å². The number of carbonyl (C=O) groups is 2. The summed E-state index contributed by atoms with van der Waals surface area (Å²) in [5, 5.41) is 20.8. The molecule has 0 aliphatic rings. The smallest absolute Gasteiger partial charge is 0.545 e. The Balaban J connectivity index is 0.00000169. The fraction of sp³-hybridized carbons (Fsp3) is 0.125. The standard InChI is InChI=1S/C8H7NO4.Zn/c1-4-2-3-5(7(10)11)6(9-4)8(12)13;/h2-3H,1H3,(H,10,11)(H,12,13);/q;+2/p-2. The third kappa shape index (κ3) is 2.60. The number of carbonyl (C=O) groups excluding carboxylic acids is 2. The van der Waals surface area contributed by atoms with E-state index in [9.17, 15) is 19.8 Å². The van der Waals surface area contributed by atoms with Gasteiger partial charge in [-0.05, 0) is 19.1 Å². The van der Waals surface area contributed by atoms with Gasteiger partial charge in [-0.1, -0.05) is 0 Å². The molecular weight excluding hydrogens is 239 g/mol. The van der Waals surface area contributed by atoms with E-state index in [0.717, 1.165) is 6.07 Å². The number of pyridine rings is 1. The number of nitrogens with zero attached hydrogens (tertiary/aromatic N) is 1. The number of aryl methyl sites for hydroxylation is 1. The number of aromatic carboxylic acids is 2. The first kappa shape index (κ1) is 12.7. The average Bonchev–Trinajstić information content (AvgIpc) is 2.03. The Labute approximate surface area is 92.5 Å². The van der Waals surface area contributed by atoms with E-state index in [1.165, 1.54) is 6.07 Å². The van der Waals surface area contributed by atoms with Crippen LogP contribution in [0.3, 0.4) is 0 Å². The minimum Gasteiger partial charge on any atom is -0.545 e. The number of carboxylic acids is 2. The molecule has 68 valence electrons. The molecule has 0 radical (unpaired) electrons. The predicted octanol–water partition coefficient (Wildman–Crippen LogP) is -1.89. The summed E-state index contributed by atoms with van der Waals surface area (Å²) in [6.07, 6.45) is 0. The molecule has 1 aromatic rings. The number of hydrogen-bond donors (Lipinski definition) is 0. The van der Waals surface area contributed by atoms with E-state index in [-0.39, 0.29) is 19.5 Å². The Bertz CT molecular complexity index is 378. The normalized spacial score (nSPS) is 8.93. The maximum absolute atomic E-state index is 10.4. The van der Waals surface area contributed by atoms with Crippen molar-refractivity contribution in [1.29, 1.82) is 0 Å². The summed E-state index contributed by atoms with van der Waals surface area (Å²) in [5.41, 5.74) is -0.658. The van der Waals surface area contributed by atoms with Crippen LogP contribution in [-0.4, -0.2) is 16.9 Å². The van der Waals surface area contributed by atoms with Gasteiger partial charge in [0, 0.05) is 11.3 Å². The molecule has 1 aromatic heterocycles. The molecule has 0 aliphatic carbocycles. The van der Waals surface area contributed by atoms with E-state index < -0.39 is 23.2 Å². The van der Waals surface area contributed by atoms with Gasteiger partial charge in [-0.2, -0.15) is 0 Å². The molecule has 0 saturated carbocycles. The maximum atomic E-state index is 10.4. The van der Waals surface area contributed by atoms with Crippen LogP contribution in [0.2, 0.25) is 0 Å². The molecule has 0 saturated heterocycles. The van der Waals surface area contributed by atoms with Crippen molar-refractivity contribution in [3.63, 3.8) is 0 Å². The Morgan fingerprint density at radius 2 is 1.79 bits per heavy atom. The molecule has 1 rings (SSSR count). The average molecular weight is 245 g/mol. The molecule has 0 bridgehead atoms. The second-order valence-corrected chi connectivity index (χ2v) is 2.42. The van der Waals surface area contributed by atoms with Gasteiger partial charge in [0.05, 0.1) is 17.6 Å². The summed E-state index contributed by atoms with van der Waals surface area (Å²) in [6.45, 7) is 1.55. The van der Waals surface area contributed by atoms with Gasteiger partial charge in [-0.3, -0.25) is 4.98 Å². The molecule has 0 atom stereocenters. The Morgan fingerprint density at radius 1 is 1.21 bits per heavy atom. The zero-order valence-electron chi connectivity index (χ0n) is 7.44. The van der Waals surface area contributed by atoms with E-state index in [1.54, 1.807) is 6.92 Å². The quantitative estimate of drug-likeness (QED) is 0.567. The van der Waals surface area contributed by atoms with Gasteiger partial charge >= 0.3 is 19.5 Å². The Hall–Kier alpha value is -1.29.